The van der Waals surface area contributed by atoms with Crippen LogP contribution in [0.1, 0.15) is 22.5 Å². The number of benzene rings is 1. The second-order valence-electron chi connectivity index (χ2n) is 8.19. The van der Waals surface area contributed by atoms with E-state index in [0.717, 1.165) is 19.0 Å². The number of hydrogen-bond donors (Lipinski definition) is 0. The highest BCUT2D eigenvalue weighted by molar-refractivity contribution is 7.89. The summed E-state index contributed by atoms with van der Waals surface area (Å²) in [6.07, 6.45) is 2.01. The van der Waals surface area contributed by atoms with E-state index in [-0.39, 0.29) is 36.6 Å². The van der Waals surface area contributed by atoms with Crippen molar-refractivity contribution >= 4 is 15.9 Å². The van der Waals surface area contributed by atoms with Gasteiger partial charge in [0.05, 0.1) is 23.9 Å². The summed E-state index contributed by atoms with van der Waals surface area (Å²) in [5.74, 6) is -0.315. The molecular formula is C22H28FN3O5S. The van der Waals surface area contributed by atoms with E-state index in [9.17, 15) is 17.6 Å². The maximum absolute atomic E-state index is 13.9. The highest BCUT2D eigenvalue weighted by Gasteiger charge is 2.32. The van der Waals surface area contributed by atoms with Crippen LogP contribution < -0.4 is 0 Å². The molecule has 10 heteroatoms. The average molecular weight is 466 g/mol. The number of halogens is 1. The van der Waals surface area contributed by atoms with Crippen molar-refractivity contribution in [2.75, 3.05) is 52.4 Å². The predicted octanol–water partition coefficient (Wildman–Crippen LogP) is 1.96. The van der Waals surface area contributed by atoms with Crippen LogP contribution in [0.15, 0.2) is 45.9 Å². The molecule has 1 amide bonds. The second kappa shape index (κ2) is 9.70. The summed E-state index contributed by atoms with van der Waals surface area (Å²) >= 11 is 0. The number of carbonyl (C=O) groups is 1. The fourth-order valence-corrected chi connectivity index (χ4v) is 5.57. The Bertz CT molecular complexity index is 1040. The minimum Gasteiger partial charge on any atom is -0.459 e. The zero-order valence-electron chi connectivity index (χ0n) is 18.1. The van der Waals surface area contributed by atoms with E-state index < -0.39 is 15.8 Å². The Morgan fingerprint density at radius 1 is 1.16 bits per heavy atom. The number of hydrogen-bond acceptors (Lipinski definition) is 6. The first-order valence-electron chi connectivity index (χ1n) is 10.8. The van der Waals surface area contributed by atoms with E-state index in [1.54, 1.807) is 24.0 Å². The van der Waals surface area contributed by atoms with Gasteiger partial charge in [-0.1, -0.05) is 6.07 Å². The molecule has 0 radical (unpaired) electrons. The van der Waals surface area contributed by atoms with Crippen LogP contribution in [0.5, 0.6) is 0 Å². The van der Waals surface area contributed by atoms with E-state index in [1.165, 1.54) is 22.7 Å². The first-order chi connectivity index (χ1) is 15.3. The molecule has 3 heterocycles. The zero-order chi connectivity index (χ0) is 22.7. The maximum Gasteiger partial charge on any atom is 0.289 e. The molecule has 4 rings (SSSR count). The predicted molar refractivity (Wildman–Crippen MR) is 115 cm³/mol. The van der Waals surface area contributed by atoms with Crippen molar-refractivity contribution in [2.24, 2.45) is 0 Å². The Hall–Kier alpha value is -2.27. The first kappa shape index (κ1) is 22.9. The van der Waals surface area contributed by atoms with Gasteiger partial charge in [-0.05, 0) is 49.7 Å². The monoisotopic (exact) mass is 465 g/mol. The SMILES string of the molecule is Cc1ccc(S(=O)(=O)N2CCOC(CN3CCCN(C(=O)c4ccco4)CC3)C2)cc1F. The quantitative estimate of drug-likeness (QED) is 0.672. The smallest absolute Gasteiger partial charge is 0.289 e. The molecule has 1 aromatic carbocycles. The van der Waals surface area contributed by atoms with E-state index in [4.69, 9.17) is 9.15 Å². The Balaban J connectivity index is 1.35. The topological polar surface area (TPSA) is 83.3 Å². The third kappa shape index (κ3) is 5.03. The summed E-state index contributed by atoms with van der Waals surface area (Å²) in [5.41, 5.74) is 0.407. The lowest BCUT2D eigenvalue weighted by atomic mass is 10.2. The van der Waals surface area contributed by atoms with Gasteiger partial charge in [-0.25, -0.2) is 12.8 Å². The Labute approximate surface area is 187 Å². The molecule has 0 saturated carbocycles. The number of aryl methyl sites for hydroxylation is 1. The molecule has 2 aliphatic rings. The molecule has 0 N–H and O–H groups in total. The molecule has 2 aromatic rings. The van der Waals surface area contributed by atoms with Crippen molar-refractivity contribution in [3.8, 4) is 0 Å². The minimum absolute atomic E-state index is 0.0388. The van der Waals surface area contributed by atoms with E-state index in [0.29, 0.717) is 37.5 Å². The van der Waals surface area contributed by atoms with E-state index in [2.05, 4.69) is 4.90 Å². The van der Waals surface area contributed by atoms with Crippen molar-refractivity contribution in [1.29, 1.82) is 0 Å². The van der Waals surface area contributed by atoms with E-state index >= 15 is 0 Å². The van der Waals surface area contributed by atoms with Crippen LogP contribution in [-0.4, -0.2) is 87.0 Å². The van der Waals surface area contributed by atoms with Gasteiger partial charge in [0.2, 0.25) is 10.0 Å². The Morgan fingerprint density at radius 3 is 2.75 bits per heavy atom. The molecule has 1 aromatic heterocycles. The van der Waals surface area contributed by atoms with Gasteiger partial charge in [-0.2, -0.15) is 4.31 Å². The first-order valence-corrected chi connectivity index (χ1v) is 12.2. The minimum atomic E-state index is -3.80. The molecule has 2 saturated heterocycles. The summed E-state index contributed by atoms with van der Waals surface area (Å²) in [6, 6.07) is 7.36. The van der Waals surface area contributed by atoms with Gasteiger partial charge < -0.3 is 14.1 Å². The number of morpholine rings is 1. The van der Waals surface area contributed by atoms with Crippen LogP contribution in [0.4, 0.5) is 4.39 Å². The van der Waals surface area contributed by atoms with E-state index in [1.807, 2.05) is 0 Å². The van der Waals surface area contributed by atoms with Gasteiger partial charge in [0.15, 0.2) is 5.76 Å². The largest absolute Gasteiger partial charge is 0.459 e. The lowest BCUT2D eigenvalue weighted by Crippen LogP contribution is -2.50. The maximum atomic E-state index is 13.9. The molecule has 1 atom stereocenters. The highest BCUT2D eigenvalue weighted by atomic mass is 32.2. The molecule has 0 bridgehead atoms. The zero-order valence-corrected chi connectivity index (χ0v) is 18.9. The third-order valence-electron chi connectivity index (χ3n) is 5.95. The number of ether oxygens (including phenoxy) is 1. The van der Waals surface area contributed by atoms with Gasteiger partial charge in [0.25, 0.3) is 5.91 Å². The lowest BCUT2D eigenvalue weighted by molar-refractivity contribution is -0.0193. The molecule has 32 heavy (non-hydrogen) atoms. The van der Waals surface area contributed by atoms with Crippen LogP contribution in [0.2, 0.25) is 0 Å². The molecule has 0 spiro atoms. The van der Waals surface area contributed by atoms with Gasteiger partial charge >= 0.3 is 0 Å². The molecule has 2 aliphatic heterocycles. The van der Waals surface area contributed by atoms with Crippen molar-refractivity contribution < 1.29 is 26.8 Å². The summed E-state index contributed by atoms with van der Waals surface area (Å²) in [4.78, 5) is 16.5. The molecule has 0 aliphatic carbocycles. The number of carbonyl (C=O) groups excluding carboxylic acids is 1. The third-order valence-corrected chi connectivity index (χ3v) is 7.81. The summed E-state index contributed by atoms with van der Waals surface area (Å²) in [7, 11) is -3.80. The Morgan fingerprint density at radius 2 is 2.00 bits per heavy atom. The summed E-state index contributed by atoms with van der Waals surface area (Å²) < 4.78 is 52.4. The molecule has 174 valence electrons. The molecule has 8 nitrogen and oxygen atoms in total. The number of rotatable bonds is 5. The number of sulfonamides is 1. The standard InChI is InChI=1S/C22H28FN3O5S/c1-17-5-6-19(14-20(17)23)32(28,29)26-11-13-30-18(16-26)15-24-7-3-8-25(10-9-24)22(27)21-4-2-12-31-21/h2,4-6,12,14,18H,3,7-11,13,15-16H2,1H3. The number of nitrogens with zero attached hydrogens (tertiary/aromatic N) is 3. The summed E-state index contributed by atoms with van der Waals surface area (Å²) in [6.45, 7) is 5.56. The van der Waals surface area contributed by atoms with Crippen LogP contribution >= 0.6 is 0 Å². The van der Waals surface area contributed by atoms with Crippen LogP contribution in [0, 0.1) is 12.7 Å². The molecular weight excluding hydrogens is 437 g/mol. The number of furan rings is 1. The Kier molecular flexibility index (Phi) is 6.94. The van der Waals surface area contributed by atoms with Crippen LogP contribution in [0.25, 0.3) is 0 Å². The lowest BCUT2D eigenvalue weighted by Gasteiger charge is -2.34. The van der Waals surface area contributed by atoms with Gasteiger partial charge in [-0.15, -0.1) is 0 Å². The van der Waals surface area contributed by atoms with Gasteiger partial charge in [-0.3, -0.25) is 9.69 Å². The van der Waals surface area contributed by atoms with Gasteiger partial charge in [0, 0.05) is 39.3 Å². The van der Waals surface area contributed by atoms with Crippen LogP contribution in [-0.2, 0) is 14.8 Å². The molecule has 1 unspecified atom stereocenters. The fraction of sp³-hybridized carbons (Fsp3) is 0.500. The molecule has 2 fully saturated rings. The van der Waals surface area contributed by atoms with Crippen molar-refractivity contribution in [2.45, 2.75) is 24.3 Å². The van der Waals surface area contributed by atoms with Gasteiger partial charge in [0.1, 0.15) is 5.82 Å². The van der Waals surface area contributed by atoms with Crippen molar-refractivity contribution in [3.05, 3.63) is 53.7 Å². The highest BCUT2D eigenvalue weighted by Crippen LogP contribution is 2.21. The summed E-state index contributed by atoms with van der Waals surface area (Å²) in [5, 5.41) is 0. The average Bonchev–Trinajstić information content (AvgIpc) is 3.22. The number of amides is 1. The van der Waals surface area contributed by atoms with Crippen LogP contribution in [0.3, 0.4) is 0 Å². The fourth-order valence-electron chi connectivity index (χ4n) is 4.10. The van der Waals surface area contributed by atoms with Crippen molar-refractivity contribution in [1.82, 2.24) is 14.1 Å². The normalized spacial score (nSPS) is 21.4. The van der Waals surface area contributed by atoms with Crippen molar-refractivity contribution in [3.63, 3.8) is 0 Å². The second-order valence-corrected chi connectivity index (χ2v) is 10.1.